The molecule has 1 heterocycles. The number of esters is 1. The average molecular weight is 278 g/mol. The number of nitrogens with zero attached hydrogens (tertiary/aromatic N) is 1. The van der Waals surface area contributed by atoms with Crippen LogP contribution in [0.1, 0.15) is 12.0 Å². The Kier molecular flexibility index (Phi) is 4.98. The van der Waals surface area contributed by atoms with Crippen LogP contribution in [0.3, 0.4) is 0 Å². The molecule has 1 saturated heterocycles. The molecule has 0 amide bonds. The Balaban J connectivity index is 1.91. The normalized spacial score (nSPS) is 20.6. The van der Waals surface area contributed by atoms with Crippen molar-refractivity contribution in [2.24, 2.45) is 11.7 Å². The van der Waals surface area contributed by atoms with Crippen molar-refractivity contribution in [3.63, 3.8) is 0 Å². The molecular formula is C15H22N2O3. The Morgan fingerprint density at radius 1 is 1.50 bits per heavy atom. The van der Waals surface area contributed by atoms with Crippen LogP contribution >= 0.6 is 0 Å². The van der Waals surface area contributed by atoms with Crippen molar-refractivity contribution in [3.8, 4) is 5.75 Å². The second kappa shape index (κ2) is 6.72. The molecule has 110 valence electrons. The first-order valence-corrected chi connectivity index (χ1v) is 6.82. The predicted octanol–water partition coefficient (Wildman–Crippen LogP) is 1.02. The second-order valence-electron chi connectivity index (χ2n) is 5.18. The fourth-order valence-electron chi connectivity index (χ4n) is 2.66. The highest BCUT2D eigenvalue weighted by molar-refractivity contribution is 5.75. The molecule has 0 spiro atoms. The fraction of sp³-hybridized carbons (Fsp3) is 0.533. The van der Waals surface area contributed by atoms with Gasteiger partial charge in [-0.1, -0.05) is 12.1 Å². The first-order chi connectivity index (χ1) is 9.63. The summed E-state index contributed by atoms with van der Waals surface area (Å²) in [6.45, 7) is 2.63. The molecule has 0 saturated carbocycles. The minimum atomic E-state index is -0.518. The van der Waals surface area contributed by atoms with Gasteiger partial charge >= 0.3 is 5.97 Å². The number of nitrogens with two attached hydrogens (primary N) is 1. The molecule has 1 fully saturated rings. The van der Waals surface area contributed by atoms with E-state index in [0.717, 1.165) is 31.8 Å². The zero-order valence-electron chi connectivity index (χ0n) is 12.0. The van der Waals surface area contributed by atoms with Gasteiger partial charge in [0.05, 0.1) is 14.2 Å². The first kappa shape index (κ1) is 14.8. The highest BCUT2D eigenvalue weighted by Gasteiger charge is 2.31. The van der Waals surface area contributed by atoms with E-state index in [-0.39, 0.29) is 11.9 Å². The van der Waals surface area contributed by atoms with Crippen molar-refractivity contribution < 1.29 is 14.3 Å². The summed E-state index contributed by atoms with van der Waals surface area (Å²) in [7, 11) is 3.05. The molecule has 2 unspecified atom stereocenters. The molecule has 0 bridgehead atoms. The van der Waals surface area contributed by atoms with Gasteiger partial charge in [-0.2, -0.15) is 0 Å². The first-order valence-electron chi connectivity index (χ1n) is 6.82. The van der Waals surface area contributed by atoms with E-state index in [1.54, 1.807) is 7.11 Å². The van der Waals surface area contributed by atoms with Crippen LogP contribution in [-0.2, 0) is 16.1 Å². The van der Waals surface area contributed by atoms with Crippen molar-refractivity contribution in [2.75, 3.05) is 27.3 Å². The van der Waals surface area contributed by atoms with E-state index in [1.807, 2.05) is 18.2 Å². The number of hydrogen-bond acceptors (Lipinski definition) is 5. The smallest absolute Gasteiger partial charge is 0.322 e. The lowest BCUT2D eigenvalue weighted by Crippen LogP contribution is -2.40. The molecule has 0 aliphatic carbocycles. The van der Waals surface area contributed by atoms with Gasteiger partial charge < -0.3 is 15.2 Å². The number of carbonyl (C=O) groups is 1. The van der Waals surface area contributed by atoms with E-state index in [2.05, 4.69) is 11.0 Å². The van der Waals surface area contributed by atoms with Crippen LogP contribution in [0.4, 0.5) is 0 Å². The van der Waals surface area contributed by atoms with Crippen LogP contribution in [0.5, 0.6) is 5.75 Å². The molecule has 1 aliphatic rings. The Morgan fingerprint density at radius 3 is 3.00 bits per heavy atom. The SMILES string of the molecule is COC(=O)C(N)C1CCN(Cc2cccc(OC)c2)C1. The summed E-state index contributed by atoms with van der Waals surface area (Å²) in [5.41, 5.74) is 7.12. The Hall–Kier alpha value is -1.59. The molecule has 5 heteroatoms. The molecule has 0 aromatic heterocycles. The summed E-state index contributed by atoms with van der Waals surface area (Å²) in [5.74, 6) is 0.718. The lowest BCUT2D eigenvalue weighted by atomic mass is 10.0. The summed E-state index contributed by atoms with van der Waals surface area (Å²) in [5, 5.41) is 0. The van der Waals surface area contributed by atoms with Crippen LogP contribution in [0, 0.1) is 5.92 Å². The minimum Gasteiger partial charge on any atom is -0.497 e. The minimum absolute atomic E-state index is 0.174. The molecule has 1 aromatic carbocycles. The standard InChI is InChI=1S/C15H22N2O3/c1-19-13-5-3-4-11(8-13)9-17-7-6-12(10-17)14(16)15(18)20-2/h3-5,8,12,14H,6-7,9-10,16H2,1-2H3. The van der Waals surface area contributed by atoms with Crippen LogP contribution in [-0.4, -0.2) is 44.2 Å². The molecule has 2 rings (SSSR count). The van der Waals surface area contributed by atoms with Crippen molar-refractivity contribution in [1.29, 1.82) is 0 Å². The number of likely N-dealkylation sites (tertiary alicyclic amines) is 1. The summed E-state index contributed by atoms with van der Waals surface area (Å²) < 4.78 is 9.93. The largest absolute Gasteiger partial charge is 0.497 e. The molecular weight excluding hydrogens is 256 g/mol. The fourth-order valence-corrected chi connectivity index (χ4v) is 2.66. The Bertz CT molecular complexity index is 464. The number of carbonyl (C=O) groups excluding carboxylic acids is 1. The third-order valence-corrected chi connectivity index (χ3v) is 3.83. The number of ether oxygens (including phenoxy) is 2. The van der Waals surface area contributed by atoms with Gasteiger partial charge in [0.1, 0.15) is 11.8 Å². The Morgan fingerprint density at radius 2 is 2.30 bits per heavy atom. The van der Waals surface area contributed by atoms with Crippen LogP contribution < -0.4 is 10.5 Å². The van der Waals surface area contributed by atoms with E-state index in [9.17, 15) is 4.79 Å². The van der Waals surface area contributed by atoms with Gasteiger partial charge in [0, 0.05) is 13.1 Å². The van der Waals surface area contributed by atoms with Crippen molar-refractivity contribution in [1.82, 2.24) is 4.90 Å². The number of methoxy groups -OCH3 is 2. The summed E-state index contributed by atoms with van der Waals surface area (Å²) in [4.78, 5) is 13.8. The lowest BCUT2D eigenvalue weighted by molar-refractivity contribution is -0.143. The number of hydrogen-bond donors (Lipinski definition) is 1. The highest BCUT2D eigenvalue weighted by Crippen LogP contribution is 2.22. The maximum Gasteiger partial charge on any atom is 0.322 e. The number of rotatable bonds is 5. The lowest BCUT2D eigenvalue weighted by Gasteiger charge is -2.19. The molecule has 20 heavy (non-hydrogen) atoms. The monoisotopic (exact) mass is 278 g/mol. The molecule has 2 N–H and O–H groups in total. The summed E-state index contributed by atoms with van der Waals surface area (Å²) in [6.07, 6.45) is 0.931. The predicted molar refractivity (Wildman–Crippen MR) is 76.4 cm³/mol. The van der Waals surface area contributed by atoms with Gasteiger partial charge in [-0.15, -0.1) is 0 Å². The second-order valence-corrected chi connectivity index (χ2v) is 5.18. The zero-order chi connectivity index (χ0) is 14.5. The zero-order valence-corrected chi connectivity index (χ0v) is 12.0. The van der Waals surface area contributed by atoms with Gasteiger partial charge in [-0.05, 0) is 36.6 Å². The van der Waals surface area contributed by atoms with Crippen LogP contribution in [0.2, 0.25) is 0 Å². The van der Waals surface area contributed by atoms with Crippen LogP contribution in [0.25, 0.3) is 0 Å². The third kappa shape index (κ3) is 3.49. The van der Waals surface area contributed by atoms with Crippen LogP contribution in [0.15, 0.2) is 24.3 Å². The highest BCUT2D eigenvalue weighted by atomic mass is 16.5. The van der Waals surface area contributed by atoms with Crippen molar-refractivity contribution in [3.05, 3.63) is 29.8 Å². The maximum absolute atomic E-state index is 11.5. The Labute approximate surface area is 119 Å². The van der Waals surface area contributed by atoms with E-state index >= 15 is 0 Å². The molecule has 5 nitrogen and oxygen atoms in total. The summed E-state index contributed by atoms with van der Waals surface area (Å²) >= 11 is 0. The molecule has 1 aliphatic heterocycles. The van der Waals surface area contributed by atoms with Gasteiger partial charge in [0.2, 0.25) is 0 Å². The maximum atomic E-state index is 11.5. The quantitative estimate of drug-likeness (QED) is 0.815. The van der Waals surface area contributed by atoms with Gasteiger partial charge in [-0.3, -0.25) is 9.69 Å². The van der Waals surface area contributed by atoms with Crippen molar-refractivity contribution in [2.45, 2.75) is 19.0 Å². The van der Waals surface area contributed by atoms with Crippen molar-refractivity contribution >= 4 is 5.97 Å². The summed E-state index contributed by atoms with van der Waals surface area (Å²) in [6, 6.07) is 7.52. The number of benzene rings is 1. The molecule has 2 atom stereocenters. The topological polar surface area (TPSA) is 64.8 Å². The molecule has 1 aromatic rings. The van der Waals surface area contributed by atoms with E-state index in [1.165, 1.54) is 12.7 Å². The van der Waals surface area contributed by atoms with Gasteiger partial charge in [0.15, 0.2) is 0 Å². The van der Waals surface area contributed by atoms with Gasteiger partial charge in [-0.25, -0.2) is 0 Å². The van der Waals surface area contributed by atoms with E-state index < -0.39 is 6.04 Å². The van der Waals surface area contributed by atoms with Gasteiger partial charge in [0.25, 0.3) is 0 Å². The van der Waals surface area contributed by atoms with E-state index in [4.69, 9.17) is 15.2 Å². The molecule has 0 radical (unpaired) electrons. The third-order valence-electron chi connectivity index (χ3n) is 3.83. The van der Waals surface area contributed by atoms with E-state index in [0.29, 0.717) is 0 Å². The average Bonchev–Trinajstić information content (AvgIpc) is 2.94.